The average Bonchev–Trinajstić information content (AvgIpc) is 3.10. The van der Waals surface area contributed by atoms with E-state index >= 15 is 0 Å². The average molecular weight is 456 g/mol. The Bertz CT molecular complexity index is 1290. The van der Waals surface area contributed by atoms with Crippen LogP contribution >= 0.6 is 0 Å². The van der Waals surface area contributed by atoms with Gasteiger partial charge in [-0.3, -0.25) is 14.5 Å². The molecule has 3 aromatic rings. The van der Waals surface area contributed by atoms with Gasteiger partial charge in [-0.25, -0.2) is 4.79 Å². The molecule has 34 heavy (non-hydrogen) atoms. The van der Waals surface area contributed by atoms with Crippen LogP contribution in [0, 0.1) is 13.8 Å². The predicted octanol–water partition coefficient (Wildman–Crippen LogP) is 5.11. The maximum Gasteiger partial charge on any atom is 0.338 e. The highest BCUT2D eigenvalue weighted by molar-refractivity contribution is 6.51. The molecule has 1 aliphatic heterocycles. The van der Waals surface area contributed by atoms with E-state index in [1.54, 1.807) is 43.3 Å². The normalized spacial score (nSPS) is 17.1. The third kappa shape index (κ3) is 4.10. The van der Waals surface area contributed by atoms with E-state index in [0.717, 1.165) is 16.7 Å². The van der Waals surface area contributed by atoms with E-state index in [9.17, 15) is 19.5 Å². The standard InChI is InChI=1S/C28H25NO5/c1-4-34-28(33)20-13-15-21(16-14-20)29-24(22-8-6-5-7-18(22)3)23(26(31)27(29)32)25(30)19-11-9-17(2)10-12-19/h5-16,24,30H,4H2,1-3H3/b25-23+. The van der Waals surface area contributed by atoms with Crippen LogP contribution in [0.2, 0.25) is 0 Å². The molecule has 6 heteroatoms. The van der Waals surface area contributed by atoms with Gasteiger partial charge in [0.25, 0.3) is 11.7 Å². The second kappa shape index (κ2) is 9.35. The van der Waals surface area contributed by atoms with Gasteiger partial charge in [0, 0.05) is 11.3 Å². The number of carbonyl (C=O) groups excluding carboxylic acids is 3. The van der Waals surface area contributed by atoms with Crippen LogP contribution in [-0.4, -0.2) is 29.4 Å². The Labute approximate surface area is 198 Å². The van der Waals surface area contributed by atoms with Gasteiger partial charge in [-0.1, -0.05) is 54.1 Å². The van der Waals surface area contributed by atoms with Crippen LogP contribution in [0.1, 0.15) is 45.6 Å². The van der Waals surface area contributed by atoms with Crippen molar-refractivity contribution in [2.45, 2.75) is 26.8 Å². The minimum Gasteiger partial charge on any atom is -0.507 e. The minimum atomic E-state index is -0.823. The van der Waals surface area contributed by atoms with Crippen LogP contribution < -0.4 is 4.90 Å². The van der Waals surface area contributed by atoms with Gasteiger partial charge in [0.15, 0.2) is 0 Å². The van der Waals surface area contributed by atoms with Gasteiger partial charge < -0.3 is 9.84 Å². The van der Waals surface area contributed by atoms with Gasteiger partial charge in [-0.15, -0.1) is 0 Å². The first-order valence-corrected chi connectivity index (χ1v) is 11.0. The molecule has 1 aliphatic rings. The summed E-state index contributed by atoms with van der Waals surface area (Å²) in [7, 11) is 0. The Morgan fingerprint density at radius 3 is 2.15 bits per heavy atom. The molecule has 1 heterocycles. The van der Waals surface area contributed by atoms with Gasteiger partial charge in [0.1, 0.15) is 5.76 Å². The van der Waals surface area contributed by atoms with Gasteiger partial charge in [0.2, 0.25) is 0 Å². The maximum atomic E-state index is 13.3. The topological polar surface area (TPSA) is 83.9 Å². The molecule has 3 aromatic carbocycles. The first-order valence-electron chi connectivity index (χ1n) is 11.0. The molecule has 1 unspecified atom stereocenters. The van der Waals surface area contributed by atoms with E-state index in [4.69, 9.17) is 4.74 Å². The number of anilines is 1. The summed E-state index contributed by atoms with van der Waals surface area (Å²) in [6.07, 6.45) is 0. The number of aryl methyl sites for hydroxylation is 2. The highest BCUT2D eigenvalue weighted by Crippen LogP contribution is 2.43. The van der Waals surface area contributed by atoms with Crippen molar-refractivity contribution in [3.8, 4) is 0 Å². The number of nitrogens with zero attached hydrogens (tertiary/aromatic N) is 1. The molecule has 6 nitrogen and oxygen atoms in total. The summed E-state index contributed by atoms with van der Waals surface area (Å²) in [5.74, 6) is -2.20. The number of ketones is 1. The van der Waals surface area contributed by atoms with Crippen molar-refractivity contribution in [2.75, 3.05) is 11.5 Å². The highest BCUT2D eigenvalue weighted by Gasteiger charge is 2.47. The molecule has 0 aliphatic carbocycles. The van der Waals surface area contributed by atoms with Crippen molar-refractivity contribution in [3.63, 3.8) is 0 Å². The summed E-state index contributed by atoms with van der Waals surface area (Å²) in [5, 5.41) is 11.2. The van der Waals surface area contributed by atoms with Crippen molar-refractivity contribution in [2.24, 2.45) is 0 Å². The Morgan fingerprint density at radius 2 is 1.53 bits per heavy atom. The third-order valence-corrected chi connectivity index (χ3v) is 5.91. The first kappa shape index (κ1) is 23.0. The van der Waals surface area contributed by atoms with Crippen molar-refractivity contribution >= 4 is 29.1 Å². The Morgan fingerprint density at radius 1 is 0.912 bits per heavy atom. The smallest absolute Gasteiger partial charge is 0.338 e. The zero-order valence-electron chi connectivity index (χ0n) is 19.2. The summed E-state index contributed by atoms with van der Waals surface area (Å²) in [6, 6.07) is 20.1. The number of ether oxygens (including phenoxy) is 1. The molecule has 0 saturated carbocycles. The van der Waals surface area contributed by atoms with Crippen molar-refractivity contribution in [1.82, 2.24) is 0 Å². The fourth-order valence-corrected chi connectivity index (χ4v) is 4.13. The molecule has 0 aromatic heterocycles. The van der Waals surface area contributed by atoms with E-state index in [0.29, 0.717) is 16.8 Å². The van der Waals surface area contributed by atoms with Crippen molar-refractivity contribution < 1.29 is 24.2 Å². The Kier molecular flexibility index (Phi) is 6.32. The Balaban J connectivity index is 1.88. The molecular formula is C28H25NO5. The number of aliphatic hydroxyl groups is 1. The van der Waals surface area contributed by atoms with E-state index < -0.39 is 23.7 Å². The second-order valence-corrected chi connectivity index (χ2v) is 8.16. The lowest BCUT2D eigenvalue weighted by Crippen LogP contribution is -2.29. The summed E-state index contributed by atoms with van der Waals surface area (Å²) < 4.78 is 5.03. The van der Waals surface area contributed by atoms with Crippen LogP contribution in [0.4, 0.5) is 5.69 Å². The molecule has 1 saturated heterocycles. The van der Waals surface area contributed by atoms with Crippen LogP contribution in [-0.2, 0) is 14.3 Å². The summed E-state index contributed by atoms with van der Waals surface area (Å²) in [5.41, 5.74) is 3.87. The molecule has 0 spiro atoms. The number of benzene rings is 3. The molecule has 0 radical (unpaired) electrons. The lowest BCUT2D eigenvalue weighted by atomic mass is 9.92. The summed E-state index contributed by atoms with van der Waals surface area (Å²) >= 11 is 0. The van der Waals surface area contributed by atoms with E-state index in [1.165, 1.54) is 4.90 Å². The van der Waals surface area contributed by atoms with Gasteiger partial charge in [-0.2, -0.15) is 0 Å². The van der Waals surface area contributed by atoms with Crippen molar-refractivity contribution in [3.05, 3.63) is 106 Å². The summed E-state index contributed by atoms with van der Waals surface area (Å²) in [4.78, 5) is 39.9. The van der Waals surface area contributed by atoms with E-state index in [-0.39, 0.29) is 17.9 Å². The SMILES string of the molecule is CCOC(=O)c1ccc(N2C(=O)C(=O)/C(=C(/O)c3ccc(C)cc3)C2c2ccccc2C)cc1. The zero-order chi connectivity index (χ0) is 24.4. The fraction of sp³-hybridized carbons (Fsp3) is 0.179. The molecule has 172 valence electrons. The molecule has 1 fully saturated rings. The lowest BCUT2D eigenvalue weighted by Gasteiger charge is -2.26. The quantitative estimate of drug-likeness (QED) is 0.250. The number of esters is 1. The number of Topliss-reactive ketones (excluding diaryl/α,β-unsaturated/α-hetero) is 1. The zero-order valence-corrected chi connectivity index (χ0v) is 19.2. The largest absolute Gasteiger partial charge is 0.507 e. The fourth-order valence-electron chi connectivity index (χ4n) is 4.13. The molecule has 1 atom stereocenters. The molecule has 0 bridgehead atoms. The highest BCUT2D eigenvalue weighted by atomic mass is 16.5. The van der Waals surface area contributed by atoms with Gasteiger partial charge in [-0.05, 0) is 56.2 Å². The molecule has 4 rings (SSSR count). The van der Waals surface area contributed by atoms with Crippen LogP contribution in [0.3, 0.4) is 0 Å². The van der Waals surface area contributed by atoms with E-state index in [1.807, 2.05) is 50.2 Å². The molecule has 1 N–H and O–H groups in total. The number of carbonyl (C=O) groups is 3. The summed E-state index contributed by atoms with van der Waals surface area (Å²) in [6.45, 7) is 5.80. The third-order valence-electron chi connectivity index (χ3n) is 5.91. The monoisotopic (exact) mass is 455 g/mol. The van der Waals surface area contributed by atoms with E-state index in [2.05, 4.69) is 0 Å². The van der Waals surface area contributed by atoms with Crippen LogP contribution in [0.25, 0.3) is 5.76 Å². The van der Waals surface area contributed by atoms with Crippen LogP contribution in [0.5, 0.6) is 0 Å². The minimum absolute atomic E-state index is 0.0256. The second-order valence-electron chi connectivity index (χ2n) is 8.16. The Hall–Kier alpha value is -4.19. The van der Waals surface area contributed by atoms with Gasteiger partial charge >= 0.3 is 5.97 Å². The number of hydrogen-bond donors (Lipinski definition) is 1. The maximum absolute atomic E-state index is 13.3. The molecule has 1 amide bonds. The first-order chi connectivity index (χ1) is 16.3. The van der Waals surface area contributed by atoms with Crippen LogP contribution in [0.15, 0.2) is 78.4 Å². The predicted molar refractivity (Wildman–Crippen MR) is 130 cm³/mol. The number of aliphatic hydroxyl groups excluding tert-OH is 1. The van der Waals surface area contributed by atoms with Crippen molar-refractivity contribution in [1.29, 1.82) is 0 Å². The molecular weight excluding hydrogens is 430 g/mol. The number of hydrogen-bond acceptors (Lipinski definition) is 5. The van der Waals surface area contributed by atoms with Gasteiger partial charge in [0.05, 0.1) is 23.8 Å². The number of amides is 1. The lowest BCUT2D eigenvalue weighted by molar-refractivity contribution is -0.132. The number of rotatable bonds is 5.